The van der Waals surface area contributed by atoms with Crippen LogP contribution in [0.5, 0.6) is 0 Å². The molecule has 150 valence electrons. The summed E-state index contributed by atoms with van der Waals surface area (Å²) in [6.07, 6.45) is 8.40. The minimum absolute atomic E-state index is 0.00234. The third-order valence-corrected chi connectivity index (χ3v) is 6.36. The first-order valence-corrected chi connectivity index (χ1v) is 10.7. The van der Waals surface area contributed by atoms with Crippen LogP contribution >= 0.6 is 0 Å². The number of amides is 3. The number of carbonyl (C=O) groups is 3. The van der Waals surface area contributed by atoms with Gasteiger partial charge in [-0.1, -0.05) is 19.3 Å². The summed E-state index contributed by atoms with van der Waals surface area (Å²) in [5.41, 5.74) is 1.26. The first-order valence-electron chi connectivity index (χ1n) is 10.7. The van der Waals surface area contributed by atoms with Crippen LogP contribution in [0.3, 0.4) is 0 Å². The van der Waals surface area contributed by atoms with Gasteiger partial charge in [-0.25, -0.2) is 0 Å². The number of hydrogen-bond donors (Lipinski definition) is 2. The predicted molar refractivity (Wildman–Crippen MR) is 106 cm³/mol. The van der Waals surface area contributed by atoms with E-state index in [-0.39, 0.29) is 23.8 Å². The van der Waals surface area contributed by atoms with Gasteiger partial charge in [0.05, 0.1) is 11.1 Å². The van der Waals surface area contributed by atoms with E-state index >= 15 is 0 Å². The number of rotatable bonds is 5. The van der Waals surface area contributed by atoms with Gasteiger partial charge in [0.2, 0.25) is 0 Å². The molecule has 1 saturated heterocycles. The van der Waals surface area contributed by atoms with Gasteiger partial charge in [-0.2, -0.15) is 0 Å². The Labute approximate surface area is 166 Å². The second-order valence-electron chi connectivity index (χ2n) is 8.29. The average Bonchev–Trinajstić information content (AvgIpc) is 2.99. The highest BCUT2D eigenvalue weighted by Crippen LogP contribution is 2.31. The van der Waals surface area contributed by atoms with Gasteiger partial charge in [-0.05, 0) is 69.3 Å². The zero-order valence-corrected chi connectivity index (χ0v) is 16.3. The number of fused-ring (bicyclic) bond motifs is 1. The summed E-state index contributed by atoms with van der Waals surface area (Å²) in [4.78, 5) is 39.6. The van der Waals surface area contributed by atoms with Crippen LogP contribution in [0, 0.1) is 5.92 Å². The van der Waals surface area contributed by atoms with E-state index in [1.807, 2.05) is 0 Å². The molecule has 6 heteroatoms. The summed E-state index contributed by atoms with van der Waals surface area (Å²) >= 11 is 0. The summed E-state index contributed by atoms with van der Waals surface area (Å²) in [6, 6.07) is 4.89. The standard InChI is InChI=1S/C22H29N3O3/c26-20(24-12-10-15-5-4-11-23-14-15)16-8-9-18-19(13-16)22(28)25(21(18)27)17-6-2-1-3-7-17/h8-9,13,15,17,23H,1-7,10-12,14H2,(H,24,26). The molecule has 0 bridgehead atoms. The Bertz CT molecular complexity index is 764. The molecule has 6 nitrogen and oxygen atoms in total. The molecule has 1 aliphatic carbocycles. The summed E-state index contributed by atoms with van der Waals surface area (Å²) in [6.45, 7) is 2.73. The quantitative estimate of drug-likeness (QED) is 0.767. The first kappa shape index (κ1) is 19.1. The van der Waals surface area contributed by atoms with Crippen LogP contribution < -0.4 is 10.6 Å². The lowest BCUT2D eigenvalue weighted by Crippen LogP contribution is -2.40. The molecule has 1 aromatic carbocycles. The van der Waals surface area contributed by atoms with Gasteiger partial charge in [0.25, 0.3) is 17.7 Å². The maximum absolute atomic E-state index is 12.9. The van der Waals surface area contributed by atoms with Crippen molar-refractivity contribution in [2.45, 2.75) is 57.4 Å². The van der Waals surface area contributed by atoms with Crippen molar-refractivity contribution >= 4 is 17.7 Å². The second kappa shape index (κ2) is 8.43. The summed E-state index contributed by atoms with van der Waals surface area (Å²) in [5.74, 6) is -0.0151. The zero-order valence-electron chi connectivity index (χ0n) is 16.3. The molecule has 0 aromatic heterocycles. The molecule has 0 radical (unpaired) electrons. The molecule has 4 rings (SSSR count). The molecule has 2 N–H and O–H groups in total. The van der Waals surface area contributed by atoms with Crippen molar-refractivity contribution in [3.05, 3.63) is 34.9 Å². The number of benzene rings is 1. The van der Waals surface area contributed by atoms with Gasteiger partial charge in [0, 0.05) is 18.2 Å². The fraction of sp³-hybridized carbons (Fsp3) is 0.591. The molecule has 2 heterocycles. The fourth-order valence-electron chi connectivity index (χ4n) is 4.73. The van der Waals surface area contributed by atoms with Crippen LogP contribution in [0.4, 0.5) is 0 Å². The van der Waals surface area contributed by atoms with E-state index < -0.39 is 0 Å². The van der Waals surface area contributed by atoms with E-state index in [9.17, 15) is 14.4 Å². The molecular weight excluding hydrogens is 354 g/mol. The van der Waals surface area contributed by atoms with Crippen molar-refractivity contribution in [2.75, 3.05) is 19.6 Å². The minimum Gasteiger partial charge on any atom is -0.352 e. The number of hydrogen-bond acceptors (Lipinski definition) is 4. The van der Waals surface area contributed by atoms with E-state index in [4.69, 9.17) is 0 Å². The Morgan fingerprint density at radius 3 is 2.57 bits per heavy atom. The summed E-state index contributed by atoms with van der Waals surface area (Å²) in [7, 11) is 0. The van der Waals surface area contributed by atoms with Crippen LogP contribution in [0.1, 0.15) is 82.4 Å². The highest BCUT2D eigenvalue weighted by atomic mass is 16.2. The van der Waals surface area contributed by atoms with E-state index in [0.717, 1.165) is 45.2 Å². The molecular formula is C22H29N3O3. The lowest BCUT2D eigenvalue weighted by atomic mass is 9.94. The van der Waals surface area contributed by atoms with Crippen LogP contribution in [-0.2, 0) is 0 Å². The Morgan fingerprint density at radius 2 is 1.82 bits per heavy atom. The molecule has 1 saturated carbocycles. The molecule has 1 atom stereocenters. The summed E-state index contributed by atoms with van der Waals surface area (Å²) in [5, 5.41) is 6.35. The number of carbonyl (C=O) groups excluding carboxylic acids is 3. The monoisotopic (exact) mass is 383 g/mol. The Balaban J connectivity index is 1.40. The molecule has 3 amide bonds. The van der Waals surface area contributed by atoms with Crippen LogP contribution in [0.2, 0.25) is 0 Å². The van der Waals surface area contributed by atoms with E-state index in [2.05, 4.69) is 10.6 Å². The SMILES string of the molecule is O=C(NCCC1CCCNC1)c1ccc2c(c1)C(=O)N(C1CCCCC1)C2=O. The minimum atomic E-state index is -0.241. The smallest absolute Gasteiger partial charge is 0.261 e. The van der Waals surface area contributed by atoms with Crippen molar-refractivity contribution in [3.8, 4) is 0 Å². The zero-order chi connectivity index (χ0) is 19.5. The van der Waals surface area contributed by atoms with Gasteiger partial charge in [0.15, 0.2) is 0 Å². The topological polar surface area (TPSA) is 78.5 Å². The Morgan fingerprint density at radius 1 is 1.04 bits per heavy atom. The molecule has 3 aliphatic rings. The predicted octanol–water partition coefficient (Wildman–Crippen LogP) is 2.73. The molecule has 1 aromatic rings. The highest BCUT2D eigenvalue weighted by molar-refractivity contribution is 6.22. The van der Waals surface area contributed by atoms with Gasteiger partial charge < -0.3 is 10.6 Å². The first-order chi connectivity index (χ1) is 13.6. The lowest BCUT2D eigenvalue weighted by Gasteiger charge is -2.29. The van der Waals surface area contributed by atoms with E-state index in [1.54, 1.807) is 18.2 Å². The van der Waals surface area contributed by atoms with Crippen molar-refractivity contribution in [2.24, 2.45) is 5.92 Å². The number of nitrogens with one attached hydrogen (secondary N) is 2. The fourth-order valence-corrected chi connectivity index (χ4v) is 4.73. The van der Waals surface area contributed by atoms with Crippen molar-refractivity contribution < 1.29 is 14.4 Å². The largest absolute Gasteiger partial charge is 0.352 e. The van der Waals surface area contributed by atoms with Crippen LogP contribution in [0.15, 0.2) is 18.2 Å². The number of imide groups is 1. The van der Waals surface area contributed by atoms with Gasteiger partial charge in [-0.15, -0.1) is 0 Å². The highest BCUT2D eigenvalue weighted by Gasteiger charge is 2.40. The van der Waals surface area contributed by atoms with Crippen molar-refractivity contribution in [1.29, 1.82) is 0 Å². The second-order valence-corrected chi connectivity index (χ2v) is 8.29. The van der Waals surface area contributed by atoms with Crippen LogP contribution in [-0.4, -0.2) is 48.3 Å². The number of nitrogens with zero attached hydrogens (tertiary/aromatic N) is 1. The van der Waals surface area contributed by atoms with Crippen molar-refractivity contribution in [3.63, 3.8) is 0 Å². The maximum atomic E-state index is 12.9. The number of piperidine rings is 1. The van der Waals surface area contributed by atoms with Crippen LogP contribution in [0.25, 0.3) is 0 Å². The Kier molecular flexibility index (Phi) is 5.76. The maximum Gasteiger partial charge on any atom is 0.261 e. The van der Waals surface area contributed by atoms with E-state index in [0.29, 0.717) is 29.2 Å². The van der Waals surface area contributed by atoms with Gasteiger partial charge in [-0.3, -0.25) is 19.3 Å². The third-order valence-electron chi connectivity index (χ3n) is 6.36. The van der Waals surface area contributed by atoms with E-state index in [1.165, 1.54) is 24.2 Å². The average molecular weight is 383 g/mol. The lowest BCUT2D eigenvalue weighted by molar-refractivity contribution is 0.0549. The molecule has 2 aliphatic heterocycles. The molecule has 0 spiro atoms. The summed E-state index contributed by atoms with van der Waals surface area (Å²) < 4.78 is 0. The molecule has 28 heavy (non-hydrogen) atoms. The Hall–Kier alpha value is -2.21. The van der Waals surface area contributed by atoms with Gasteiger partial charge in [0.1, 0.15) is 0 Å². The van der Waals surface area contributed by atoms with Gasteiger partial charge >= 0.3 is 0 Å². The normalized spacial score (nSPS) is 23.0. The van der Waals surface area contributed by atoms with Crippen molar-refractivity contribution in [1.82, 2.24) is 15.5 Å². The molecule has 2 fully saturated rings. The molecule has 1 unspecified atom stereocenters. The third kappa shape index (κ3) is 3.83.